The summed E-state index contributed by atoms with van der Waals surface area (Å²) in [6.07, 6.45) is -3.87. The molecule has 1 unspecified atom stereocenters. The lowest BCUT2D eigenvalue weighted by Gasteiger charge is -2.14. The number of halogens is 4. The van der Waals surface area contributed by atoms with Gasteiger partial charge in [-0.25, -0.2) is 4.39 Å². The molecule has 18 heavy (non-hydrogen) atoms. The molecule has 0 aliphatic heterocycles. The Morgan fingerprint density at radius 3 is 2.44 bits per heavy atom. The zero-order chi connectivity index (χ0) is 13.8. The van der Waals surface area contributed by atoms with Crippen molar-refractivity contribution in [1.29, 1.82) is 0 Å². The lowest BCUT2D eigenvalue weighted by Crippen LogP contribution is -2.16. The van der Waals surface area contributed by atoms with Crippen LogP contribution in [0.25, 0.3) is 0 Å². The van der Waals surface area contributed by atoms with Crippen LogP contribution >= 0.6 is 0 Å². The zero-order valence-corrected chi connectivity index (χ0v) is 10.4. The minimum Gasteiger partial charge on any atom is -0.317 e. The van der Waals surface area contributed by atoms with Crippen LogP contribution in [0.3, 0.4) is 0 Å². The van der Waals surface area contributed by atoms with E-state index in [4.69, 9.17) is 0 Å². The lowest BCUT2D eigenvalue weighted by atomic mass is 9.96. The average Bonchev–Trinajstić information content (AvgIpc) is 2.27. The van der Waals surface area contributed by atoms with Crippen LogP contribution in [-0.4, -0.2) is 13.1 Å². The van der Waals surface area contributed by atoms with Crippen LogP contribution in [0.5, 0.6) is 0 Å². The predicted molar refractivity (Wildman–Crippen MR) is 63.0 cm³/mol. The molecule has 0 aliphatic carbocycles. The van der Waals surface area contributed by atoms with Crippen molar-refractivity contribution in [3.63, 3.8) is 0 Å². The molecule has 0 aliphatic rings. The Morgan fingerprint density at radius 2 is 1.94 bits per heavy atom. The quantitative estimate of drug-likeness (QED) is 0.626. The van der Waals surface area contributed by atoms with E-state index in [0.717, 1.165) is 31.6 Å². The summed E-state index contributed by atoms with van der Waals surface area (Å²) in [5, 5.41) is 3.13. The van der Waals surface area contributed by atoms with Crippen LogP contribution < -0.4 is 5.32 Å². The van der Waals surface area contributed by atoms with E-state index in [1.165, 1.54) is 6.07 Å². The number of hydrogen-bond donors (Lipinski definition) is 1. The molecular formula is C13H17F4N. The smallest absolute Gasteiger partial charge is 0.317 e. The van der Waals surface area contributed by atoms with Gasteiger partial charge in [-0.3, -0.25) is 0 Å². The zero-order valence-electron chi connectivity index (χ0n) is 10.4. The fourth-order valence-corrected chi connectivity index (χ4v) is 1.73. The second-order valence-electron chi connectivity index (χ2n) is 4.28. The summed E-state index contributed by atoms with van der Waals surface area (Å²) >= 11 is 0. The highest BCUT2D eigenvalue weighted by Crippen LogP contribution is 2.32. The van der Waals surface area contributed by atoms with Gasteiger partial charge >= 0.3 is 6.18 Å². The third kappa shape index (κ3) is 3.98. The Kier molecular flexibility index (Phi) is 5.14. The first-order valence-electron chi connectivity index (χ1n) is 5.93. The van der Waals surface area contributed by atoms with Gasteiger partial charge in [-0.2, -0.15) is 13.2 Å². The van der Waals surface area contributed by atoms with Gasteiger partial charge in [0.1, 0.15) is 5.82 Å². The van der Waals surface area contributed by atoms with Crippen LogP contribution in [0.4, 0.5) is 17.6 Å². The van der Waals surface area contributed by atoms with E-state index < -0.39 is 17.6 Å². The van der Waals surface area contributed by atoms with Gasteiger partial charge in [0.05, 0.1) is 5.56 Å². The Hall–Kier alpha value is -1.10. The largest absolute Gasteiger partial charge is 0.419 e. The molecule has 1 aromatic rings. The minimum atomic E-state index is -4.63. The normalized spacial score (nSPS) is 13.7. The van der Waals surface area contributed by atoms with Gasteiger partial charge in [0.2, 0.25) is 0 Å². The monoisotopic (exact) mass is 263 g/mol. The van der Waals surface area contributed by atoms with Gasteiger partial charge in [-0.05, 0) is 43.1 Å². The first-order valence-corrected chi connectivity index (χ1v) is 5.93. The molecule has 0 radical (unpaired) electrons. The van der Waals surface area contributed by atoms with Gasteiger partial charge in [0, 0.05) is 0 Å². The lowest BCUT2D eigenvalue weighted by molar-refractivity contribution is -0.140. The van der Waals surface area contributed by atoms with E-state index >= 15 is 0 Å². The van der Waals surface area contributed by atoms with E-state index in [1.54, 1.807) is 0 Å². The van der Waals surface area contributed by atoms with E-state index in [9.17, 15) is 17.6 Å². The van der Waals surface area contributed by atoms with Crippen molar-refractivity contribution < 1.29 is 17.6 Å². The first kappa shape index (κ1) is 15.0. The average molecular weight is 263 g/mol. The topological polar surface area (TPSA) is 12.0 Å². The highest BCUT2D eigenvalue weighted by atomic mass is 19.4. The van der Waals surface area contributed by atoms with Crippen LogP contribution in [0.2, 0.25) is 0 Å². The van der Waals surface area contributed by atoms with E-state index in [1.807, 2.05) is 13.8 Å². The van der Waals surface area contributed by atoms with Crippen molar-refractivity contribution in [3.05, 3.63) is 35.1 Å². The van der Waals surface area contributed by atoms with Crippen LogP contribution in [-0.2, 0) is 6.18 Å². The molecular weight excluding hydrogens is 246 g/mol. The van der Waals surface area contributed by atoms with Crippen LogP contribution in [0.15, 0.2) is 18.2 Å². The van der Waals surface area contributed by atoms with Crippen molar-refractivity contribution in [2.24, 2.45) is 0 Å². The highest BCUT2D eigenvalue weighted by molar-refractivity contribution is 5.28. The maximum atomic E-state index is 13.4. The fraction of sp³-hybridized carbons (Fsp3) is 0.538. The van der Waals surface area contributed by atoms with E-state index in [0.29, 0.717) is 5.56 Å². The summed E-state index contributed by atoms with van der Waals surface area (Å²) in [6, 6.07) is 3.15. The second-order valence-corrected chi connectivity index (χ2v) is 4.28. The summed E-state index contributed by atoms with van der Waals surface area (Å²) in [7, 11) is 0. The van der Waals surface area contributed by atoms with Gasteiger partial charge in [-0.15, -0.1) is 0 Å². The molecule has 1 N–H and O–H groups in total. The number of alkyl halides is 3. The van der Waals surface area contributed by atoms with Gasteiger partial charge < -0.3 is 5.32 Å². The minimum absolute atomic E-state index is 0.0285. The van der Waals surface area contributed by atoms with E-state index in [-0.39, 0.29) is 5.92 Å². The Morgan fingerprint density at radius 1 is 1.28 bits per heavy atom. The summed E-state index contributed by atoms with van der Waals surface area (Å²) in [5.41, 5.74) is -0.608. The Labute approximate surface area is 104 Å². The second kappa shape index (κ2) is 6.18. The van der Waals surface area contributed by atoms with Gasteiger partial charge in [0.15, 0.2) is 0 Å². The maximum absolute atomic E-state index is 13.4. The molecule has 102 valence electrons. The molecule has 0 aromatic heterocycles. The fourth-order valence-electron chi connectivity index (χ4n) is 1.73. The molecule has 1 nitrogen and oxygen atoms in total. The molecule has 0 saturated carbocycles. The first-order chi connectivity index (χ1) is 8.36. The highest BCUT2D eigenvalue weighted by Gasteiger charge is 2.34. The molecule has 1 atom stereocenters. The third-order valence-electron chi connectivity index (χ3n) is 2.87. The van der Waals surface area contributed by atoms with Crippen molar-refractivity contribution in [1.82, 2.24) is 5.32 Å². The SMILES string of the molecule is CCNCCC(C)c1ccc(C(F)(F)F)c(F)c1. The molecule has 0 fully saturated rings. The summed E-state index contributed by atoms with van der Waals surface area (Å²) in [6.45, 7) is 5.45. The summed E-state index contributed by atoms with van der Waals surface area (Å²) in [5.74, 6) is -1.17. The number of benzene rings is 1. The van der Waals surface area contributed by atoms with Crippen LogP contribution in [0, 0.1) is 5.82 Å². The standard InChI is InChI=1S/C13H17F4N/c1-3-18-7-6-9(2)10-4-5-11(12(14)8-10)13(15,16)17/h4-5,8-9,18H,3,6-7H2,1-2H3. The summed E-state index contributed by atoms with van der Waals surface area (Å²) < 4.78 is 50.5. The van der Waals surface area contributed by atoms with E-state index in [2.05, 4.69) is 5.32 Å². The molecule has 5 heteroatoms. The van der Waals surface area contributed by atoms with Gasteiger partial charge in [-0.1, -0.05) is 19.9 Å². The maximum Gasteiger partial charge on any atom is 0.419 e. The van der Waals surface area contributed by atoms with Gasteiger partial charge in [0.25, 0.3) is 0 Å². The molecule has 0 heterocycles. The molecule has 1 aromatic carbocycles. The number of nitrogens with one attached hydrogen (secondary N) is 1. The third-order valence-corrected chi connectivity index (χ3v) is 2.87. The summed E-state index contributed by atoms with van der Waals surface area (Å²) in [4.78, 5) is 0. The Balaban J connectivity index is 2.78. The predicted octanol–water partition coefficient (Wildman–Crippen LogP) is 3.95. The molecule has 1 rings (SSSR count). The molecule has 0 amide bonds. The molecule has 0 spiro atoms. The van der Waals surface area contributed by atoms with Crippen molar-refractivity contribution in [2.45, 2.75) is 32.4 Å². The van der Waals surface area contributed by atoms with Crippen molar-refractivity contribution in [3.8, 4) is 0 Å². The number of rotatable bonds is 5. The van der Waals surface area contributed by atoms with Crippen molar-refractivity contribution >= 4 is 0 Å². The Bertz CT molecular complexity index is 387. The molecule has 0 bridgehead atoms. The molecule has 0 saturated heterocycles. The van der Waals surface area contributed by atoms with Crippen molar-refractivity contribution in [2.75, 3.05) is 13.1 Å². The number of hydrogen-bond acceptors (Lipinski definition) is 1. The van der Waals surface area contributed by atoms with Crippen LogP contribution in [0.1, 0.15) is 37.3 Å².